The molecule has 0 amide bonds. The number of hydrogen-bond donors (Lipinski definition) is 0. The molecule has 4 heteroatoms. The second-order valence-corrected chi connectivity index (χ2v) is 6.64. The first-order chi connectivity index (χ1) is 9.11. The van der Waals surface area contributed by atoms with Crippen LogP contribution in [0, 0.1) is 6.92 Å². The number of carbonyl (C=O) groups excluding carboxylic acids is 1. The van der Waals surface area contributed by atoms with Gasteiger partial charge in [0.2, 0.25) is 5.78 Å². The third kappa shape index (κ3) is 3.45. The van der Waals surface area contributed by atoms with Gasteiger partial charge in [0, 0.05) is 5.56 Å². The standard InChI is InChI=1S/C15H15BrO2S/c1-3-8-18-12-6-4-11(5-7-12)14(17)13-9-10(2)15(16)19-13/h4-7,9H,3,8H2,1-2H3. The Labute approximate surface area is 125 Å². The molecule has 0 unspecified atom stereocenters. The highest BCUT2D eigenvalue weighted by molar-refractivity contribution is 9.11. The van der Waals surface area contributed by atoms with Gasteiger partial charge in [0.1, 0.15) is 5.75 Å². The number of aryl methyl sites for hydroxylation is 1. The average molecular weight is 339 g/mol. The monoisotopic (exact) mass is 338 g/mol. The maximum atomic E-state index is 12.3. The van der Waals surface area contributed by atoms with Crippen LogP contribution in [0.2, 0.25) is 0 Å². The number of halogens is 1. The molecule has 0 saturated carbocycles. The molecule has 100 valence electrons. The average Bonchev–Trinajstić information content (AvgIpc) is 2.76. The van der Waals surface area contributed by atoms with Crippen molar-refractivity contribution in [1.82, 2.24) is 0 Å². The van der Waals surface area contributed by atoms with E-state index in [1.165, 1.54) is 11.3 Å². The van der Waals surface area contributed by atoms with Crippen LogP contribution in [0.1, 0.15) is 34.1 Å². The minimum absolute atomic E-state index is 0.0563. The van der Waals surface area contributed by atoms with Gasteiger partial charge in [0.05, 0.1) is 15.3 Å². The molecule has 0 N–H and O–H groups in total. The van der Waals surface area contributed by atoms with Crippen LogP contribution in [0.5, 0.6) is 5.75 Å². The first-order valence-corrected chi connectivity index (χ1v) is 7.76. The van der Waals surface area contributed by atoms with Crippen LogP contribution < -0.4 is 4.74 Å². The Balaban J connectivity index is 2.15. The first kappa shape index (κ1) is 14.3. The van der Waals surface area contributed by atoms with Gasteiger partial charge in [-0.15, -0.1) is 11.3 Å². The maximum Gasteiger partial charge on any atom is 0.202 e. The van der Waals surface area contributed by atoms with Crippen molar-refractivity contribution < 1.29 is 9.53 Å². The summed E-state index contributed by atoms with van der Waals surface area (Å²) >= 11 is 4.91. The molecule has 0 aliphatic rings. The zero-order valence-electron chi connectivity index (χ0n) is 10.9. The van der Waals surface area contributed by atoms with Crippen molar-refractivity contribution in [2.24, 2.45) is 0 Å². The third-order valence-electron chi connectivity index (χ3n) is 2.67. The van der Waals surface area contributed by atoms with E-state index in [1.54, 1.807) is 0 Å². The second-order valence-electron chi connectivity index (χ2n) is 4.27. The molecule has 0 aliphatic carbocycles. The van der Waals surface area contributed by atoms with Crippen molar-refractivity contribution in [1.29, 1.82) is 0 Å². The summed E-state index contributed by atoms with van der Waals surface area (Å²) in [4.78, 5) is 13.0. The Hall–Kier alpha value is -1.13. The number of rotatable bonds is 5. The number of benzene rings is 1. The molecule has 0 aliphatic heterocycles. The number of thiophene rings is 1. The van der Waals surface area contributed by atoms with Gasteiger partial charge in [-0.05, 0) is 65.2 Å². The summed E-state index contributed by atoms with van der Waals surface area (Å²) in [6, 6.07) is 9.24. The molecular formula is C15H15BrO2S. The molecular weight excluding hydrogens is 324 g/mol. The third-order valence-corrected chi connectivity index (χ3v) is 4.81. The van der Waals surface area contributed by atoms with Gasteiger partial charge in [-0.1, -0.05) is 6.92 Å². The minimum Gasteiger partial charge on any atom is -0.494 e. The molecule has 0 bridgehead atoms. The lowest BCUT2D eigenvalue weighted by atomic mass is 10.1. The van der Waals surface area contributed by atoms with E-state index in [1.807, 2.05) is 37.3 Å². The second kappa shape index (κ2) is 6.35. The fourth-order valence-corrected chi connectivity index (χ4v) is 3.13. The van der Waals surface area contributed by atoms with Gasteiger partial charge in [0.25, 0.3) is 0 Å². The van der Waals surface area contributed by atoms with E-state index in [0.717, 1.165) is 26.4 Å². The van der Waals surface area contributed by atoms with E-state index >= 15 is 0 Å². The summed E-state index contributed by atoms with van der Waals surface area (Å²) in [6.07, 6.45) is 0.975. The Bertz CT molecular complexity index is 553. The predicted octanol–water partition coefficient (Wildman–Crippen LogP) is 4.84. The van der Waals surface area contributed by atoms with Crippen molar-refractivity contribution in [3.8, 4) is 5.75 Å². The molecule has 1 heterocycles. The van der Waals surface area contributed by atoms with Crippen molar-refractivity contribution in [2.45, 2.75) is 20.3 Å². The summed E-state index contributed by atoms with van der Waals surface area (Å²) in [7, 11) is 0. The zero-order chi connectivity index (χ0) is 13.8. The summed E-state index contributed by atoms with van der Waals surface area (Å²) in [5.41, 5.74) is 1.79. The van der Waals surface area contributed by atoms with E-state index in [2.05, 4.69) is 22.9 Å². The van der Waals surface area contributed by atoms with Crippen LogP contribution >= 0.6 is 27.3 Å². The Kier molecular flexibility index (Phi) is 4.77. The zero-order valence-corrected chi connectivity index (χ0v) is 13.3. The van der Waals surface area contributed by atoms with Gasteiger partial charge in [0.15, 0.2) is 0 Å². The lowest BCUT2D eigenvalue weighted by molar-refractivity contribution is 0.104. The van der Waals surface area contributed by atoms with Crippen molar-refractivity contribution in [3.05, 3.63) is 50.1 Å². The molecule has 2 nitrogen and oxygen atoms in total. The van der Waals surface area contributed by atoms with Crippen LogP contribution in [0.25, 0.3) is 0 Å². The molecule has 2 aromatic rings. The molecule has 0 atom stereocenters. The molecule has 0 radical (unpaired) electrons. The molecule has 2 rings (SSSR count). The maximum absolute atomic E-state index is 12.3. The smallest absolute Gasteiger partial charge is 0.202 e. The van der Waals surface area contributed by atoms with Gasteiger partial charge >= 0.3 is 0 Å². The number of ether oxygens (including phenoxy) is 1. The van der Waals surface area contributed by atoms with E-state index in [4.69, 9.17) is 4.74 Å². The molecule has 0 fully saturated rings. The van der Waals surface area contributed by atoms with Crippen molar-refractivity contribution >= 4 is 33.0 Å². The lowest BCUT2D eigenvalue weighted by Gasteiger charge is -2.04. The van der Waals surface area contributed by atoms with Crippen molar-refractivity contribution in [3.63, 3.8) is 0 Å². The van der Waals surface area contributed by atoms with Crippen LogP contribution in [0.4, 0.5) is 0 Å². The van der Waals surface area contributed by atoms with E-state index < -0.39 is 0 Å². The molecule has 1 aromatic carbocycles. The van der Waals surface area contributed by atoms with Crippen LogP contribution in [0.15, 0.2) is 34.1 Å². The van der Waals surface area contributed by atoms with E-state index in [9.17, 15) is 4.79 Å². The van der Waals surface area contributed by atoms with Gasteiger partial charge < -0.3 is 4.74 Å². The van der Waals surface area contributed by atoms with Crippen LogP contribution in [0.3, 0.4) is 0 Å². The summed E-state index contributed by atoms with van der Waals surface area (Å²) < 4.78 is 6.52. The Morgan fingerprint density at radius 3 is 2.53 bits per heavy atom. The van der Waals surface area contributed by atoms with Gasteiger partial charge in [-0.2, -0.15) is 0 Å². The van der Waals surface area contributed by atoms with Gasteiger partial charge in [-0.3, -0.25) is 4.79 Å². The van der Waals surface area contributed by atoms with E-state index in [0.29, 0.717) is 12.2 Å². The minimum atomic E-state index is 0.0563. The highest BCUT2D eigenvalue weighted by atomic mass is 79.9. The number of hydrogen-bond acceptors (Lipinski definition) is 3. The van der Waals surface area contributed by atoms with Crippen molar-refractivity contribution in [2.75, 3.05) is 6.61 Å². The normalized spacial score (nSPS) is 10.5. The van der Waals surface area contributed by atoms with Crippen LogP contribution in [-0.4, -0.2) is 12.4 Å². The first-order valence-electron chi connectivity index (χ1n) is 6.15. The van der Waals surface area contributed by atoms with E-state index in [-0.39, 0.29) is 5.78 Å². The Morgan fingerprint density at radius 2 is 2.00 bits per heavy atom. The topological polar surface area (TPSA) is 26.3 Å². The summed E-state index contributed by atoms with van der Waals surface area (Å²) in [5, 5.41) is 0. The quantitative estimate of drug-likeness (QED) is 0.729. The predicted molar refractivity (Wildman–Crippen MR) is 82.4 cm³/mol. The Morgan fingerprint density at radius 1 is 1.32 bits per heavy atom. The molecule has 0 saturated heterocycles. The number of carbonyl (C=O) groups is 1. The fourth-order valence-electron chi connectivity index (χ4n) is 1.64. The highest BCUT2D eigenvalue weighted by Crippen LogP contribution is 2.29. The highest BCUT2D eigenvalue weighted by Gasteiger charge is 2.13. The SMILES string of the molecule is CCCOc1ccc(C(=O)c2cc(C)c(Br)s2)cc1. The largest absolute Gasteiger partial charge is 0.494 e. The molecule has 1 aromatic heterocycles. The van der Waals surface area contributed by atoms with Gasteiger partial charge in [-0.25, -0.2) is 0 Å². The summed E-state index contributed by atoms with van der Waals surface area (Å²) in [6.45, 7) is 4.75. The lowest BCUT2D eigenvalue weighted by Crippen LogP contribution is -1.99. The summed E-state index contributed by atoms with van der Waals surface area (Å²) in [5.74, 6) is 0.864. The molecule has 0 spiro atoms. The number of ketones is 1. The van der Waals surface area contributed by atoms with Crippen LogP contribution in [-0.2, 0) is 0 Å². The molecule has 19 heavy (non-hydrogen) atoms. The fraction of sp³-hybridized carbons (Fsp3) is 0.267.